The number of carbonyl (C=O) groups excluding carboxylic acids is 1. The molecule has 0 atom stereocenters. The molecule has 0 bridgehead atoms. The molecular formula is C15H21BrN2O. The van der Waals surface area contributed by atoms with Crippen LogP contribution in [0.15, 0.2) is 22.7 Å². The van der Waals surface area contributed by atoms with E-state index in [1.54, 1.807) is 12.1 Å². The van der Waals surface area contributed by atoms with Crippen molar-refractivity contribution in [1.29, 1.82) is 0 Å². The number of anilines is 1. The van der Waals surface area contributed by atoms with Gasteiger partial charge in [-0.2, -0.15) is 0 Å². The van der Waals surface area contributed by atoms with Crippen molar-refractivity contribution in [1.82, 2.24) is 5.32 Å². The third-order valence-corrected chi connectivity index (χ3v) is 4.48. The SMILES string of the molecule is Nc1ccc(Br)c(C(=O)NCCCC2CCCC2)c1. The van der Waals surface area contributed by atoms with E-state index in [2.05, 4.69) is 21.2 Å². The Morgan fingerprint density at radius 3 is 2.84 bits per heavy atom. The van der Waals surface area contributed by atoms with Gasteiger partial charge in [0, 0.05) is 16.7 Å². The summed E-state index contributed by atoms with van der Waals surface area (Å²) < 4.78 is 0.787. The molecular weight excluding hydrogens is 304 g/mol. The van der Waals surface area contributed by atoms with Crippen LogP contribution < -0.4 is 11.1 Å². The van der Waals surface area contributed by atoms with E-state index in [0.717, 1.165) is 23.4 Å². The molecule has 104 valence electrons. The maximum Gasteiger partial charge on any atom is 0.252 e. The molecule has 0 saturated heterocycles. The summed E-state index contributed by atoms with van der Waals surface area (Å²) in [6.07, 6.45) is 7.80. The summed E-state index contributed by atoms with van der Waals surface area (Å²) >= 11 is 3.38. The van der Waals surface area contributed by atoms with Crippen LogP contribution in [0, 0.1) is 5.92 Å². The number of rotatable bonds is 5. The maximum absolute atomic E-state index is 12.0. The normalized spacial score (nSPS) is 15.6. The first-order chi connectivity index (χ1) is 9.16. The second-order valence-corrected chi connectivity index (χ2v) is 6.14. The maximum atomic E-state index is 12.0. The van der Waals surface area contributed by atoms with Gasteiger partial charge < -0.3 is 11.1 Å². The molecule has 0 heterocycles. The lowest BCUT2D eigenvalue weighted by Crippen LogP contribution is -2.25. The molecule has 1 saturated carbocycles. The van der Waals surface area contributed by atoms with E-state index < -0.39 is 0 Å². The molecule has 0 unspecified atom stereocenters. The van der Waals surface area contributed by atoms with Crippen molar-refractivity contribution >= 4 is 27.5 Å². The highest BCUT2D eigenvalue weighted by atomic mass is 79.9. The third-order valence-electron chi connectivity index (χ3n) is 3.78. The first-order valence-electron chi connectivity index (χ1n) is 7.00. The van der Waals surface area contributed by atoms with E-state index in [-0.39, 0.29) is 5.91 Å². The topological polar surface area (TPSA) is 55.1 Å². The van der Waals surface area contributed by atoms with E-state index >= 15 is 0 Å². The van der Waals surface area contributed by atoms with Gasteiger partial charge in [0.1, 0.15) is 0 Å². The van der Waals surface area contributed by atoms with Crippen molar-refractivity contribution in [2.24, 2.45) is 5.92 Å². The number of hydrogen-bond donors (Lipinski definition) is 2. The Bertz CT molecular complexity index is 442. The first kappa shape index (κ1) is 14.4. The van der Waals surface area contributed by atoms with Crippen LogP contribution in [0.5, 0.6) is 0 Å². The fourth-order valence-corrected chi connectivity index (χ4v) is 3.13. The molecule has 19 heavy (non-hydrogen) atoms. The molecule has 1 aromatic rings. The fourth-order valence-electron chi connectivity index (χ4n) is 2.70. The van der Waals surface area contributed by atoms with Crippen LogP contribution in [0.25, 0.3) is 0 Å². The lowest BCUT2D eigenvalue weighted by atomic mass is 10.0. The lowest BCUT2D eigenvalue weighted by Gasteiger charge is -2.10. The smallest absolute Gasteiger partial charge is 0.252 e. The van der Waals surface area contributed by atoms with Crippen molar-refractivity contribution in [3.8, 4) is 0 Å². The van der Waals surface area contributed by atoms with Crippen LogP contribution in [-0.4, -0.2) is 12.5 Å². The van der Waals surface area contributed by atoms with Crippen molar-refractivity contribution < 1.29 is 4.79 Å². The fraction of sp³-hybridized carbons (Fsp3) is 0.533. The Hall–Kier alpha value is -1.03. The zero-order valence-electron chi connectivity index (χ0n) is 11.1. The molecule has 1 aliphatic carbocycles. The zero-order valence-corrected chi connectivity index (χ0v) is 12.7. The molecule has 0 aliphatic heterocycles. The van der Waals surface area contributed by atoms with E-state index in [0.29, 0.717) is 11.3 Å². The Morgan fingerprint density at radius 2 is 2.11 bits per heavy atom. The van der Waals surface area contributed by atoms with Crippen molar-refractivity contribution in [3.05, 3.63) is 28.2 Å². The minimum Gasteiger partial charge on any atom is -0.399 e. The van der Waals surface area contributed by atoms with Crippen LogP contribution in [-0.2, 0) is 0 Å². The molecule has 0 spiro atoms. The molecule has 0 aromatic heterocycles. The molecule has 0 radical (unpaired) electrons. The number of nitrogen functional groups attached to an aromatic ring is 1. The molecule has 1 fully saturated rings. The van der Waals surface area contributed by atoms with Crippen LogP contribution in [0.1, 0.15) is 48.9 Å². The molecule has 3 N–H and O–H groups in total. The Kier molecular flexibility index (Phi) is 5.25. The summed E-state index contributed by atoms with van der Waals surface area (Å²) in [7, 11) is 0. The van der Waals surface area contributed by atoms with E-state index in [1.807, 2.05) is 6.07 Å². The summed E-state index contributed by atoms with van der Waals surface area (Å²) in [5.41, 5.74) is 6.92. The van der Waals surface area contributed by atoms with Gasteiger partial charge in [-0.25, -0.2) is 0 Å². The summed E-state index contributed by atoms with van der Waals surface area (Å²) in [6.45, 7) is 0.747. The predicted molar refractivity (Wildman–Crippen MR) is 82.1 cm³/mol. The highest BCUT2D eigenvalue weighted by Gasteiger charge is 2.14. The highest BCUT2D eigenvalue weighted by Crippen LogP contribution is 2.28. The van der Waals surface area contributed by atoms with Crippen LogP contribution in [0.4, 0.5) is 5.69 Å². The van der Waals surface area contributed by atoms with Gasteiger partial charge in [-0.3, -0.25) is 4.79 Å². The standard InChI is InChI=1S/C15H21BrN2O/c16-14-8-7-12(17)10-13(14)15(19)18-9-3-6-11-4-1-2-5-11/h7-8,10-11H,1-6,9,17H2,(H,18,19). The molecule has 1 aromatic carbocycles. The monoisotopic (exact) mass is 324 g/mol. The Labute approximate surface area is 123 Å². The van der Waals surface area contributed by atoms with Crippen LogP contribution in [0.2, 0.25) is 0 Å². The van der Waals surface area contributed by atoms with Crippen LogP contribution >= 0.6 is 15.9 Å². The summed E-state index contributed by atoms with van der Waals surface area (Å²) in [6, 6.07) is 5.29. The quantitative estimate of drug-likeness (QED) is 0.640. The number of amides is 1. The van der Waals surface area contributed by atoms with Gasteiger partial charge in [0.15, 0.2) is 0 Å². The molecule has 1 aliphatic rings. The minimum absolute atomic E-state index is 0.0504. The molecule has 3 nitrogen and oxygen atoms in total. The lowest BCUT2D eigenvalue weighted by molar-refractivity contribution is 0.0951. The number of nitrogens with two attached hydrogens (primary N) is 1. The molecule has 4 heteroatoms. The Balaban J connectivity index is 1.75. The van der Waals surface area contributed by atoms with Crippen molar-refractivity contribution in [2.45, 2.75) is 38.5 Å². The van der Waals surface area contributed by atoms with E-state index in [1.165, 1.54) is 32.1 Å². The van der Waals surface area contributed by atoms with Gasteiger partial charge in [0.05, 0.1) is 5.56 Å². The van der Waals surface area contributed by atoms with Gasteiger partial charge in [-0.05, 0) is 52.9 Å². The largest absolute Gasteiger partial charge is 0.399 e. The minimum atomic E-state index is -0.0504. The van der Waals surface area contributed by atoms with Gasteiger partial charge in [0.25, 0.3) is 5.91 Å². The number of benzene rings is 1. The number of hydrogen-bond acceptors (Lipinski definition) is 2. The zero-order chi connectivity index (χ0) is 13.7. The van der Waals surface area contributed by atoms with Crippen molar-refractivity contribution in [3.63, 3.8) is 0 Å². The summed E-state index contributed by atoms with van der Waals surface area (Å²) in [5, 5.41) is 2.97. The summed E-state index contributed by atoms with van der Waals surface area (Å²) in [5.74, 6) is 0.835. The van der Waals surface area contributed by atoms with Gasteiger partial charge in [0.2, 0.25) is 0 Å². The number of carbonyl (C=O) groups is 1. The van der Waals surface area contributed by atoms with E-state index in [9.17, 15) is 4.79 Å². The average Bonchev–Trinajstić information content (AvgIpc) is 2.90. The number of halogens is 1. The third kappa shape index (κ3) is 4.23. The van der Waals surface area contributed by atoms with Gasteiger partial charge in [-0.1, -0.05) is 25.7 Å². The predicted octanol–water partition coefficient (Wildman–Crippen LogP) is 3.73. The van der Waals surface area contributed by atoms with Gasteiger partial charge in [-0.15, -0.1) is 0 Å². The Morgan fingerprint density at radius 1 is 1.37 bits per heavy atom. The van der Waals surface area contributed by atoms with E-state index in [4.69, 9.17) is 5.73 Å². The first-order valence-corrected chi connectivity index (χ1v) is 7.79. The van der Waals surface area contributed by atoms with Crippen LogP contribution in [0.3, 0.4) is 0 Å². The number of nitrogens with one attached hydrogen (secondary N) is 1. The highest BCUT2D eigenvalue weighted by molar-refractivity contribution is 9.10. The second-order valence-electron chi connectivity index (χ2n) is 5.29. The second kappa shape index (κ2) is 6.94. The molecule has 2 rings (SSSR count). The van der Waals surface area contributed by atoms with Gasteiger partial charge >= 0.3 is 0 Å². The molecule has 1 amide bonds. The van der Waals surface area contributed by atoms with Crippen molar-refractivity contribution in [2.75, 3.05) is 12.3 Å². The average molecular weight is 325 g/mol. The summed E-state index contributed by atoms with van der Waals surface area (Å²) in [4.78, 5) is 12.0.